The highest BCUT2D eigenvalue weighted by atomic mass is 32.1. The van der Waals surface area contributed by atoms with E-state index >= 15 is 0 Å². The first kappa shape index (κ1) is 148. The molecule has 10 aromatic rings. The van der Waals surface area contributed by atoms with Gasteiger partial charge >= 0.3 is 0 Å². The Morgan fingerprint density at radius 1 is 0.250 bits per heavy atom. The molecule has 124 heavy (non-hydrogen) atoms. The lowest BCUT2D eigenvalue weighted by Gasteiger charge is -2.15. The van der Waals surface area contributed by atoms with Crippen LogP contribution < -0.4 is 0 Å². The van der Waals surface area contributed by atoms with Gasteiger partial charge in [0.1, 0.15) is 11.6 Å². The van der Waals surface area contributed by atoms with Crippen LogP contribution in [0, 0.1) is 90.0 Å². The van der Waals surface area contributed by atoms with Crippen molar-refractivity contribution in [3.8, 4) is 0 Å². The zero-order valence-electron chi connectivity index (χ0n) is 84.5. The summed E-state index contributed by atoms with van der Waals surface area (Å²) in [6, 6.07) is 21.1. The van der Waals surface area contributed by atoms with Crippen LogP contribution in [0.5, 0.6) is 0 Å². The average molecular weight is 1780 g/mol. The SMILES string of the molecule is C.C.C.C.C.C.C.CC.CC.CC.CC.CC.CC.CC.Cc1ccc(C(C)C)cc1.Cc1ccc(C(C)C)cn1.Cc1ccc(C(C)C)nc1.Cc1ccc(C(C)C)nn1.Cc1cnc(C(C)C)cn1.Cc1cnc(C(C)C)nc1.Cc1nc(C(C)(C)C)c(C)s1.Cc1nc(C(C)(C)C)sc1C.Cc1nc(C(C)(C)C)sc1C.Cc1ncc(C(C)C)cn1. The van der Waals surface area contributed by atoms with Crippen LogP contribution in [0.1, 0.15) is 476 Å². The first-order chi connectivity index (χ1) is 54.6. The van der Waals surface area contributed by atoms with Crippen molar-refractivity contribution in [3.05, 3.63) is 236 Å². The highest BCUT2D eigenvalue weighted by molar-refractivity contribution is 7.12. The zero-order valence-corrected chi connectivity index (χ0v) is 86.9. The van der Waals surface area contributed by atoms with E-state index in [0.29, 0.717) is 41.4 Å². The van der Waals surface area contributed by atoms with E-state index in [-0.39, 0.29) is 68.2 Å². The molecular weight excluding hydrogens is 1580 g/mol. The van der Waals surface area contributed by atoms with Gasteiger partial charge in [-0.15, -0.1) is 34.0 Å². The maximum Gasteiger partial charge on any atom is 0.130 e. The van der Waals surface area contributed by atoms with Crippen molar-refractivity contribution in [1.29, 1.82) is 0 Å². The highest BCUT2D eigenvalue weighted by Crippen LogP contribution is 2.31. The summed E-state index contributed by atoms with van der Waals surface area (Å²) in [5, 5.41) is 11.6. The molecule has 718 valence electrons. The summed E-state index contributed by atoms with van der Waals surface area (Å²) in [4.78, 5) is 50.9. The molecule has 0 aliphatic heterocycles. The summed E-state index contributed by atoms with van der Waals surface area (Å²) in [7, 11) is 0. The fourth-order valence-electron chi connectivity index (χ4n) is 8.22. The fraction of sp³-hybridized carbons (Fsp3) is 0.620. The van der Waals surface area contributed by atoms with Gasteiger partial charge < -0.3 is 0 Å². The van der Waals surface area contributed by atoms with Crippen LogP contribution in [-0.2, 0) is 16.2 Å². The predicted octanol–water partition coefficient (Wildman–Crippen LogP) is 36.6. The number of hydrogen-bond acceptors (Lipinski definition) is 16. The zero-order chi connectivity index (χ0) is 92.9. The van der Waals surface area contributed by atoms with Gasteiger partial charge in [0.15, 0.2) is 0 Å². The number of nitrogens with zero attached hydrogens (tertiary/aromatic N) is 13. The van der Waals surface area contributed by atoms with E-state index in [1.54, 1.807) is 17.5 Å². The molecule has 0 saturated carbocycles. The standard InChI is InChI=1S/C10H14.3C9H15NS.2C9H13N.4C8H12N2.7C2H6.7CH4/c1-8(2)10-6-4-9(3)5-7-10;1-6-8(9(3,4)5)10-7(2)11-6;2*1-6-7(2)11-8(10-6)9(3,4)5;1-7(2)9-5-4-8(3)10-6-9;1-7(2)9-5-4-8(3)6-10-9;1-6(2)8-4-9-7(3)10-5-8;1-6(2)8-5-9-7(3)4-10-8;1-6(2)8-9-4-7(3)5-10-8;1-6(2)8-5-4-7(3)9-10-8;7*1-2;;;;;;;/h4-8H,1-3H3;3*1-5H3;2*4-7H,1-3H3;4*4-6H,1-3H3;7*1-2H3;7*1H4. The molecule has 10 rings (SSSR count). The molecule has 9 heterocycles. The second kappa shape index (κ2) is 83.9. The molecule has 0 amide bonds. The number of rotatable bonds is 7. The Hall–Kier alpha value is -7.27. The molecule has 0 fully saturated rings. The highest BCUT2D eigenvalue weighted by Gasteiger charge is 2.21. The number of hydrogen-bond donors (Lipinski definition) is 0. The molecule has 0 unspecified atom stereocenters. The third kappa shape index (κ3) is 70.8. The lowest BCUT2D eigenvalue weighted by atomic mass is 9.92. The summed E-state index contributed by atoms with van der Waals surface area (Å²) >= 11 is 5.41. The van der Waals surface area contributed by atoms with E-state index in [0.717, 1.165) is 45.7 Å². The van der Waals surface area contributed by atoms with Gasteiger partial charge in [-0.25, -0.2) is 34.9 Å². The smallest absolute Gasteiger partial charge is 0.130 e. The normalized spacial score (nSPS) is 9.43. The molecule has 0 spiro atoms. The van der Waals surface area contributed by atoms with Gasteiger partial charge in [0, 0.05) is 97.8 Å². The van der Waals surface area contributed by atoms with Gasteiger partial charge in [-0.2, -0.15) is 10.2 Å². The average Bonchev–Trinajstić information content (AvgIpc) is 1.69. The largest absolute Gasteiger partial charge is 0.261 e. The molecule has 0 radical (unpaired) electrons. The van der Waals surface area contributed by atoms with Crippen LogP contribution in [0.3, 0.4) is 0 Å². The van der Waals surface area contributed by atoms with Crippen molar-refractivity contribution in [2.75, 3.05) is 0 Å². The molecule has 0 aliphatic rings. The second-order valence-electron chi connectivity index (χ2n) is 31.6. The van der Waals surface area contributed by atoms with Crippen LogP contribution in [0.15, 0.2) is 110 Å². The summed E-state index contributed by atoms with van der Waals surface area (Å²) in [5.74, 6) is 5.46. The molecule has 16 heteroatoms. The van der Waals surface area contributed by atoms with Gasteiger partial charge in [-0.1, -0.05) is 350 Å². The van der Waals surface area contributed by atoms with Crippen molar-refractivity contribution in [3.63, 3.8) is 0 Å². The number of benzene rings is 1. The fourth-order valence-corrected chi connectivity index (χ4v) is 11.2. The minimum Gasteiger partial charge on any atom is -0.261 e. The minimum atomic E-state index is 0. The van der Waals surface area contributed by atoms with Gasteiger partial charge in [0.25, 0.3) is 0 Å². The van der Waals surface area contributed by atoms with E-state index in [2.05, 4.69) is 328 Å². The monoisotopic (exact) mass is 1780 g/mol. The van der Waals surface area contributed by atoms with Crippen molar-refractivity contribution >= 4 is 34.0 Å². The lowest BCUT2D eigenvalue weighted by Crippen LogP contribution is -2.12. The molecule has 0 atom stereocenters. The Kier molecular flexibility index (Phi) is 100. The molecule has 0 saturated heterocycles. The van der Waals surface area contributed by atoms with Gasteiger partial charge in [-0.05, 0) is 178 Å². The minimum absolute atomic E-state index is 0. The van der Waals surface area contributed by atoms with E-state index in [1.165, 1.54) is 80.2 Å². The second-order valence-corrected chi connectivity index (χ2v) is 35.4. The molecular formula is C108H203N13S3. The van der Waals surface area contributed by atoms with Crippen LogP contribution >= 0.6 is 34.0 Å². The Morgan fingerprint density at radius 2 is 0.597 bits per heavy atom. The third-order valence-corrected chi connectivity index (χ3v) is 19.3. The third-order valence-electron chi connectivity index (χ3n) is 15.4. The first-order valence-corrected chi connectivity index (χ1v) is 46.0. The quantitative estimate of drug-likeness (QED) is 0.148. The molecule has 0 aliphatic carbocycles. The maximum atomic E-state index is 4.50. The first-order valence-electron chi connectivity index (χ1n) is 43.5. The molecule has 0 N–H and O–H groups in total. The molecule has 1 aromatic carbocycles. The Balaban J connectivity index is -0.0000000883. The predicted molar refractivity (Wildman–Crippen MR) is 572 cm³/mol. The maximum absolute atomic E-state index is 4.50. The summed E-state index contributed by atoms with van der Waals surface area (Å²) in [6.45, 7) is 104. The van der Waals surface area contributed by atoms with Crippen LogP contribution in [-0.4, -0.2) is 65.0 Å². The number of thiazole rings is 3. The van der Waals surface area contributed by atoms with Crippen molar-refractivity contribution in [1.82, 2.24) is 65.0 Å². The molecule has 0 bridgehead atoms. The van der Waals surface area contributed by atoms with E-state index in [1.807, 2.05) is 210 Å². The molecule has 13 nitrogen and oxygen atoms in total. The van der Waals surface area contributed by atoms with E-state index < -0.39 is 0 Å². The van der Waals surface area contributed by atoms with Crippen LogP contribution in [0.25, 0.3) is 0 Å². The Labute approximate surface area is 785 Å². The number of aromatic nitrogens is 13. The van der Waals surface area contributed by atoms with Crippen LogP contribution in [0.2, 0.25) is 0 Å². The van der Waals surface area contributed by atoms with Crippen molar-refractivity contribution < 1.29 is 0 Å². The summed E-state index contributed by atoms with van der Waals surface area (Å²) in [5.41, 5.74) is 18.2. The Morgan fingerprint density at radius 3 is 0.855 bits per heavy atom. The molecule has 9 aromatic heterocycles. The number of pyridine rings is 2. The van der Waals surface area contributed by atoms with Gasteiger partial charge in [-0.3, -0.25) is 19.9 Å². The van der Waals surface area contributed by atoms with Gasteiger partial charge in [0.2, 0.25) is 0 Å². The van der Waals surface area contributed by atoms with E-state index in [4.69, 9.17) is 0 Å². The van der Waals surface area contributed by atoms with E-state index in [9.17, 15) is 0 Å². The topological polar surface area (TPSA) is 168 Å². The summed E-state index contributed by atoms with van der Waals surface area (Å²) < 4.78 is 0. The number of aryl methyl sites for hydroxylation is 13. The van der Waals surface area contributed by atoms with Crippen LogP contribution in [0.4, 0.5) is 0 Å². The lowest BCUT2D eigenvalue weighted by molar-refractivity contribution is 0.568. The van der Waals surface area contributed by atoms with Crippen molar-refractivity contribution in [2.24, 2.45) is 0 Å². The van der Waals surface area contributed by atoms with Crippen molar-refractivity contribution in [2.45, 2.75) is 456 Å². The van der Waals surface area contributed by atoms with Gasteiger partial charge in [0.05, 0.1) is 54.9 Å². The Bertz CT molecular complexity index is 3300. The summed E-state index contributed by atoms with van der Waals surface area (Å²) in [6.07, 6.45) is 15.0.